The van der Waals surface area contributed by atoms with Crippen LogP contribution in [0.4, 0.5) is 0 Å². The predicted molar refractivity (Wildman–Crippen MR) is 75.9 cm³/mol. The average molecular weight is 250 g/mol. The van der Waals surface area contributed by atoms with Crippen molar-refractivity contribution in [2.75, 3.05) is 6.54 Å². The Morgan fingerprint density at radius 3 is 2.72 bits per heavy atom. The molecule has 1 unspecified atom stereocenters. The summed E-state index contributed by atoms with van der Waals surface area (Å²) in [6.07, 6.45) is 3.87. The van der Waals surface area contributed by atoms with Crippen molar-refractivity contribution < 1.29 is 4.74 Å². The highest BCUT2D eigenvalue weighted by molar-refractivity contribution is 5.29. The summed E-state index contributed by atoms with van der Waals surface area (Å²) in [5.74, 6) is 0.750. The van der Waals surface area contributed by atoms with Gasteiger partial charge >= 0.3 is 0 Å². The molecule has 0 aliphatic rings. The second-order valence-corrected chi connectivity index (χ2v) is 5.29. The summed E-state index contributed by atoms with van der Waals surface area (Å²) < 4.78 is 6.03. The lowest BCUT2D eigenvalue weighted by molar-refractivity contribution is 0.0968. The molecule has 1 aromatic heterocycles. The van der Waals surface area contributed by atoms with E-state index >= 15 is 0 Å². The lowest BCUT2D eigenvalue weighted by Gasteiger charge is -2.26. The first-order chi connectivity index (χ1) is 8.50. The maximum atomic E-state index is 6.03. The van der Waals surface area contributed by atoms with Crippen LogP contribution in [0, 0.1) is 0 Å². The van der Waals surface area contributed by atoms with E-state index in [4.69, 9.17) is 4.74 Å². The van der Waals surface area contributed by atoms with Gasteiger partial charge in [0.15, 0.2) is 0 Å². The minimum atomic E-state index is -0.173. The fourth-order valence-corrected chi connectivity index (χ4v) is 1.62. The van der Waals surface area contributed by atoms with Crippen LogP contribution in [0.3, 0.4) is 0 Å². The number of pyridine rings is 1. The van der Waals surface area contributed by atoms with Crippen molar-refractivity contribution in [3.63, 3.8) is 0 Å². The van der Waals surface area contributed by atoms with Crippen LogP contribution < -0.4 is 10.1 Å². The maximum Gasteiger partial charge on any atom is 0.218 e. The van der Waals surface area contributed by atoms with Crippen molar-refractivity contribution in [3.05, 3.63) is 23.9 Å². The molecule has 0 saturated carbocycles. The predicted octanol–water partition coefficient (Wildman–Crippen LogP) is 3.71. The first kappa shape index (κ1) is 15.0. The van der Waals surface area contributed by atoms with Gasteiger partial charge in [-0.3, -0.25) is 0 Å². The number of aromatic nitrogens is 1. The van der Waals surface area contributed by atoms with E-state index in [1.807, 2.05) is 6.07 Å². The fourth-order valence-electron chi connectivity index (χ4n) is 1.62. The monoisotopic (exact) mass is 250 g/mol. The molecule has 3 heteroatoms. The van der Waals surface area contributed by atoms with E-state index in [0.29, 0.717) is 0 Å². The molecule has 1 atom stereocenters. The minimum absolute atomic E-state index is 0.173. The third-order valence-electron chi connectivity index (χ3n) is 3.19. The highest BCUT2D eigenvalue weighted by atomic mass is 16.5. The van der Waals surface area contributed by atoms with Gasteiger partial charge in [-0.1, -0.05) is 19.9 Å². The third-order valence-corrected chi connectivity index (χ3v) is 3.19. The van der Waals surface area contributed by atoms with E-state index in [1.165, 1.54) is 0 Å². The van der Waals surface area contributed by atoms with Crippen LogP contribution in [0.25, 0.3) is 0 Å². The smallest absolute Gasteiger partial charge is 0.218 e. The van der Waals surface area contributed by atoms with Crippen molar-refractivity contribution in [1.82, 2.24) is 10.3 Å². The normalized spacial score (nSPS) is 13.4. The van der Waals surface area contributed by atoms with Gasteiger partial charge < -0.3 is 10.1 Å². The molecule has 3 nitrogen and oxygen atoms in total. The lowest BCUT2D eigenvalue weighted by Crippen LogP contribution is -2.29. The van der Waals surface area contributed by atoms with E-state index in [-0.39, 0.29) is 11.6 Å². The van der Waals surface area contributed by atoms with Crippen LogP contribution in [0.2, 0.25) is 0 Å². The van der Waals surface area contributed by atoms with Gasteiger partial charge in [0.2, 0.25) is 5.88 Å². The molecular formula is C15H26N2O. The zero-order chi connectivity index (χ0) is 13.6. The Kier molecular flexibility index (Phi) is 5.60. The Morgan fingerprint density at radius 1 is 1.39 bits per heavy atom. The quantitative estimate of drug-likeness (QED) is 0.801. The van der Waals surface area contributed by atoms with Crippen LogP contribution >= 0.6 is 0 Å². The highest BCUT2D eigenvalue weighted by Crippen LogP contribution is 2.26. The summed E-state index contributed by atoms with van der Waals surface area (Å²) in [6, 6.07) is 4.31. The topological polar surface area (TPSA) is 34.2 Å². The molecular weight excluding hydrogens is 224 g/mol. The number of hydrogen-bond donors (Lipinski definition) is 1. The summed E-state index contributed by atoms with van der Waals surface area (Å²) in [6.45, 7) is 11.6. The van der Waals surface area contributed by atoms with Crippen LogP contribution in [0.1, 0.15) is 59.1 Å². The Morgan fingerprint density at radius 2 is 2.11 bits per heavy atom. The molecule has 18 heavy (non-hydrogen) atoms. The minimum Gasteiger partial charge on any atom is -0.471 e. The van der Waals surface area contributed by atoms with Crippen molar-refractivity contribution in [2.45, 2.75) is 59.1 Å². The first-order valence-corrected chi connectivity index (χ1v) is 6.87. The second-order valence-electron chi connectivity index (χ2n) is 5.29. The number of nitrogens with one attached hydrogen (secondary N) is 1. The fraction of sp³-hybridized carbons (Fsp3) is 0.667. The van der Waals surface area contributed by atoms with Crippen molar-refractivity contribution in [3.8, 4) is 5.88 Å². The van der Waals surface area contributed by atoms with Crippen molar-refractivity contribution >= 4 is 0 Å². The molecule has 1 aromatic rings. The Balaban J connectivity index is 2.85. The van der Waals surface area contributed by atoms with Gasteiger partial charge in [-0.2, -0.15) is 0 Å². The van der Waals surface area contributed by atoms with E-state index in [9.17, 15) is 0 Å². The number of nitrogens with zero attached hydrogens (tertiary/aromatic N) is 1. The molecule has 102 valence electrons. The van der Waals surface area contributed by atoms with Gasteiger partial charge in [-0.15, -0.1) is 0 Å². The summed E-state index contributed by atoms with van der Waals surface area (Å²) in [5.41, 5.74) is 0.959. The van der Waals surface area contributed by atoms with Gasteiger partial charge in [0.25, 0.3) is 0 Å². The molecule has 0 aliphatic heterocycles. The standard InChI is InChI=1S/C15H26N2O/c1-6-10-16-12(3)13-9-8-11-17-14(13)18-15(4,5)7-2/h8-9,11-12,16H,6-7,10H2,1-5H3. The molecule has 0 spiro atoms. The molecule has 0 amide bonds. The molecule has 0 saturated heterocycles. The van der Waals surface area contributed by atoms with E-state index < -0.39 is 0 Å². The van der Waals surface area contributed by atoms with Crippen LogP contribution in [0.5, 0.6) is 5.88 Å². The molecule has 1 N–H and O–H groups in total. The van der Waals surface area contributed by atoms with Gasteiger partial charge in [-0.05, 0) is 46.2 Å². The Hall–Kier alpha value is -1.09. The summed E-state index contributed by atoms with van der Waals surface area (Å²) >= 11 is 0. The van der Waals surface area contributed by atoms with Crippen molar-refractivity contribution in [1.29, 1.82) is 0 Å². The first-order valence-electron chi connectivity index (χ1n) is 6.87. The third kappa shape index (κ3) is 4.30. The van der Waals surface area contributed by atoms with E-state index in [2.05, 4.69) is 51.0 Å². The van der Waals surface area contributed by atoms with Crippen molar-refractivity contribution in [2.24, 2.45) is 0 Å². The summed E-state index contributed by atoms with van der Waals surface area (Å²) in [4.78, 5) is 4.38. The van der Waals surface area contributed by atoms with Crippen LogP contribution in [-0.4, -0.2) is 17.1 Å². The van der Waals surface area contributed by atoms with Gasteiger partial charge in [0.1, 0.15) is 5.60 Å². The molecule has 0 bridgehead atoms. The Bertz CT molecular complexity index is 363. The average Bonchev–Trinajstić information content (AvgIpc) is 2.36. The summed E-state index contributed by atoms with van der Waals surface area (Å²) in [7, 11) is 0. The van der Waals surface area contributed by atoms with Crippen LogP contribution in [-0.2, 0) is 0 Å². The zero-order valence-electron chi connectivity index (χ0n) is 12.3. The number of rotatable bonds is 7. The van der Waals surface area contributed by atoms with Gasteiger partial charge in [-0.25, -0.2) is 4.98 Å². The van der Waals surface area contributed by atoms with Gasteiger partial charge in [0, 0.05) is 17.8 Å². The van der Waals surface area contributed by atoms with E-state index in [0.717, 1.165) is 30.8 Å². The maximum absolute atomic E-state index is 6.03. The highest BCUT2D eigenvalue weighted by Gasteiger charge is 2.21. The molecule has 0 aliphatic carbocycles. The molecule has 1 rings (SSSR count). The molecule has 0 fully saturated rings. The number of hydrogen-bond acceptors (Lipinski definition) is 3. The summed E-state index contributed by atoms with van der Waals surface area (Å²) in [5, 5.41) is 3.47. The lowest BCUT2D eigenvalue weighted by atomic mass is 10.1. The second kappa shape index (κ2) is 6.74. The zero-order valence-corrected chi connectivity index (χ0v) is 12.3. The molecule has 0 radical (unpaired) electrons. The molecule has 0 aromatic carbocycles. The Labute approximate surface area is 111 Å². The largest absolute Gasteiger partial charge is 0.471 e. The van der Waals surface area contributed by atoms with E-state index in [1.54, 1.807) is 6.20 Å². The van der Waals surface area contributed by atoms with Gasteiger partial charge in [0.05, 0.1) is 0 Å². The SMILES string of the molecule is CCCNC(C)c1cccnc1OC(C)(C)CC. The number of ether oxygens (including phenoxy) is 1. The molecule has 1 heterocycles. The van der Waals surface area contributed by atoms with Crippen LogP contribution in [0.15, 0.2) is 18.3 Å².